The van der Waals surface area contributed by atoms with Crippen molar-refractivity contribution in [3.05, 3.63) is 0 Å². The molecule has 9 heteroatoms. The minimum absolute atomic E-state index is 0.156. The molecule has 0 heterocycles. The summed E-state index contributed by atoms with van der Waals surface area (Å²) in [5, 5.41) is 0. The van der Waals surface area contributed by atoms with Crippen LogP contribution in [0.2, 0.25) is 0 Å². The van der Waals surface area contributed by atoms with Crippen LogP contribution in [0.4, 0.5) is 0 Å². The second-order valence-corrected chi connectivity index (χ2v) is 7.84. The van der Waals surface area contributed by atoms with Crippen molar-refractivity contribution in [3.8, 4) is 35.5 Å². The maximum absolute atomic E-state index is 12.0. The Kier molecular flexibility index (Phi) is 17.1. The molecule has 0 amide bonds. The Bertz CT molecular complexity index is 767. The maximum Gasteiger partial charge on any atom is 0.469 e. The number of phosphoric ester groups is 1. The Hall–Kier alpha value is -2.27. The van der Waals surface area contributed by atoms with Crippen molar-refractivity contribution in [2.75, 3.05) is 13.2 Å². The lowest BCUT2D eigenvalue weighted by molar-refractivity contribution is -0.158. The first-order chi connectivity index (χ1) is 14.8. The van der Waals surface area contributed by atoms with Gasteiger partial charge in [0.25, 0.3) is 0 Å². The largest absolute Gasteiger partial charge is 0.469 e. The van der Waals surface area contributed by atoms with Gasteiger partial charge in [0.05, 0.1) is 6.61 Å². The topological polar surface area (TPSA) is 119 Å². The highest BCUT2D eigenvalue weighted by Crippen LogP contribution is 2.35. The predicted octanol–water partition coefficient (Wildman–Crippen LogP) is 3.11. The number of rotatable bonds is 15. The van der Waals surface area contributed by atoms with Crippen LogP contribution in [0.5, 0.6) is 0 Å². The zero-order valence-corrected chi connectivity index (χ0v) is 19.0. The van der Waals surface area contributed by atoms with Gasteiger partial charge >= 0.3 is 19.8 Å². The number of phosphoric acid groups is 1. The SMILES string of the molecule is CC#CC#CC#CC(=O)OC[C@@H](COP(=O)(O)O)OC(=O)CCCCCCCCCC. The molecule has 1 atom stereocenters. The summed E-state index contributed by atoms with van der Waals surface area (Å²) < 4.78 is 25.2. The van der Waals surface area contributed by atoms with Crippen LogP contribution in [0.25, 0.3) is 0 Å². The first-order valence-electron chi connectivity index (χ1n) is 10.3. The average Bonchev–Trinajstić information content (AvgIpc) is 2.71. The third-order valence-electron chi connectivity index (χ3n) is 3.84. The number of esters is 2. The van der Waals surface area contributed by atoms with Crippen molar-refractivity contribution in [2.24, 2.45) is 0 Å². The molecule has 0 bridgehead atoms. The van der Waals surface area contributed by atoms with Gasteiger partial charge < -0.3 is 19.3 Å². The van der Waals surface area contributed by atoms with Crippen LogP contribution < -0.4 is 0 Å². The highest BCUT2D eigenvalue weighted by molar-refractivity contribution is 7.46. The van der Waals surface area contributed by atoms with Crippen LogP contribution in [0.1, 0.15) is 71.6 Å². The first-order valence-corrected chi connectivity index (χ1v) is 11.8. The first kappa shape index (κ1) is 28.7. The molecule has 0 aromatic carbocycles. The zero-order valence-electron chi connectivity index (χ0n) is 18.1. The molecule has 2 N–H and O–H groups in total. The van der Waals surface area contributed by atoms with Crippen molar-refractivity contribution in [1.82, 2.24) is 0 Å². The van der Waals surface area contributed by atoms with Gasteiger partial charge in [0.1, 0.15) is 6.61 Å². The molecule has 0 unspecified atom stereocenters. The van der Waals surface area contributed by atoms with Crippen molar-refractivity contribution >= 4 is 19.8 Å². The molecule has 0 saturated heterocycles. The van der Waals surface area contributed by atoms with Gasteiger partial charge in [-0.1, -0.05) is 57.8 Å². The van der Waals surface area contributed by atoms with E-state index in [0.717, 1.165) is 19.3 Å². The van der Waals surface area contributed by atoms with Gasteiger partial charge in [-0.05, 0) is 37.0 Å². The molecule has 172 valence electrons. The second-order valence-electron chi connectivity index (χ2n) is 6.60. The molecular formula is C22H31O8P. The zero-order chi connectivity index (χ0) is 23.4. The molecule has 0 rings (SSSR count). The van der Waals surface area contributed by atoms with Crippen LogP contribution in [0.15, 0.2) is 0 Å². The fraction of sp³-hybridized carbons (Fsp3) is 0.636. The Morgan fingerprint density at radius 3 is 2.13 bits per heavy atom. The number of hydrogen-bond donors (Lipinski definition) is 2. The van der Waals surface area contributed by atoms with E-state index in [2.05, 4.69) is 47.0 Å². The standard InChI is InChI=1S/C22H31O8P/c1-3-5-7-9-10-11-13-15-17-22(24)30-20(19-29-31(25,26)27)18-28-21(23)16-14-12-8-6-4-2/h20H,3,5,7,9-11,13,15,17-19H2,1-2H3,(H2,25,26,27)/t20-/m0/s1. The van der Waals surface area contributed by atoms with E-state index in [0.29, 0.717) is 6.42 Å². The monoisotopic (exact) mass is 454 g/mol. The highest BCUT2D eigenvalue weighted by atomic mass is 31.2. The Labute approximate surface area is 184 Å². The number of ether oxygens (including phenoxy) is 2. The van der Waals surface area contributed by atoms with Crippen molar-refractivity contribution in [2.45, 2.75) is 77.7 Å². The third-order valence-corrected chi connectivity index (χ3v) is 4.32. The van der Waals surface area contributed by atoms with Crippen molar-refractivity contribution in [3.63, 3.8) is 0 Å². The van der Waals surface area contributed by atoms with E-state index in [1.165, 1.54) is 25.7 Å². The Morgan fingerprint density at radius 1 is 0.903 bits per heavy atom. The minimum Gasteiger partial charge on any atom is -0.456 e. The molecule has 8 nitrogen and oxygen atoms in total. The summed E-state index contributed by atoms with van der Waals surface area (Å²) in [5.41, 5.74) is 0. The Balaban J connectivity index is 4.41. The molecule has 0 aliphatic carbocycles. The molecule has 31 heavy (non-hydrogen) atoms. The molecule has 0 aliphatic heterocycles. The van der Waals surface area contributed by atoms with E-state index in [1.807, 2.05) is 0 Å². The van der Waals surface area contributed by atoms with Gasteiger partial charge in [-0.3, -0.25) is 9.32 Å². The van der Waals surface area contributed by atoms with Crippen LogP contribution in [-0.4, -0.2) is 41.0 Å². The molecule has 0 saturated carbocycles. The summed E-state index contributed by atoms with van der Waals surface area (Å²) in [6.07, 6.45) is 7.52. The van der Waals surface area contributed by atoms with Gasteiger partial charge in [-0.15, -0.1) is 0 Å². The molecule has 0 spiro atoms. The number of unbranched alkanes of at least 4 members (excludes halogenated alkanes) is 7. The summed E-state index contributed by atoms with van der Waals surface area (Å²) in [6.45, 7) is 2.68. The van der Waals surface area contributed by atoms with Crippen LogP contribution in [0, 0.1) is 35.5 Å². The maximum atomic E-state index is 12.0. The third kappa shape index (κ3) is 20.8. The van der Waals surface area contributed by atoms with Gasteiger partial charge in [0.2, 0.25) is 0 Å². The predicted molar refractivity (Wildman–Crippen MR) is 115 cm³/mol. The number of carbonyl (C=O) groups excluding carboxylic acids is 2. The van der Waals surface area contributed by atoms with Gasteiger partial charge in [-0.2, -0.15) is 0 Å². The van der Waals surface area contributed by atoms with E-state index < -0.39 is 39.1 Å². The fourth-order valence-electron chi connectivity index (χ4n) is 2.36. The molecule has 0 aromatic heterocycles. The molecule has 0 fully saturated rings. The molecule has 0 aromatic rings. The quantitative estimate of drug-likeness (QED) is 0.127. The lowest BCUT2D eigenvalue weighted by Crippen LogP contribution is -2.29. The highest BCUT2D eigenvalue weighted by Gasteiger charge is 2.22. The second kappa shape index (κ2) is 18.5. The van der Waals surface area contributed by atoms with Crippen molar-refractivity contribution < 1.29 is 37.9 Å². The Morgan fingerprint density at radius 2 is 1.52 bits per heavy atom. The van der Waals surface area contributed by atoms with Crippen LogP contribution in [-0.2, 0) is 28.2 Å². The summed E-state index contributed by atoms with van der Waals surface area (Å²) in [5.74, 6) is 12.6. The smallest absolute Gasteiger partial charge is 0.456 e. The van der Waals surface area contributed by atoms with E-state index in [9.17, 15) is 14.2 Å². The van der Waals surface area contributed by atoms with Gasteiger partial charge in [0, 0.05) is 12.3 Å². The number of carbonyl (C=O) groups is 2. The summed E-state index contributed by atoms with van der Waals surface area (Å²) in [7, 11) is -4.77. The number of hydrogen-bond acceptors (Lipinski definition) is 6. The van der Waals surface area contributed by atoms with E-state index in [-0.39, 0.29) is 6.42 Å². The molecule has 0 radical (unpaired) electrons. The van der Waals surface area contributed by atoms with E-state index in [1.54, 1.807) is 6.92 Å². The minimum atomic E-state index is -4.77. The van der Waals surface area contributed by atoms with Gasteiger partial charge in [0.15, 0.2) is 6.10 Å². The fourth-order valence-corrected chi connectivity index (χ4v) is 2.72. The normalized spacial score (nSPS) is 11.0. The van der Waals surface area contributed by atoms with E-state index in [4.69, 9.17) is 19.3 Å². The van der Waals surface area contributed by atoms with Gasteiger partial charge in [-0.25, -0.2) is 9.36 Å². The molecule has 0 aliphatic rings. The lowest BCUT2D eigenvalue weighted by atomic mass is 10.1. The average molecular weight is 454 g/mol. The van der Waals surface area contributed by atoms with Crippen LogP contribution in [0.3, 0.4) is 0 Å². The van der Waals surface area contributed by atoms with Crippen molar-refractivity contribution in [1.29, 1.82) is 0 Å². The lowest BCUT2D eigenvalue weighted by Gasteiger charge is -2.17. The molecular weight excluding hydrogens is 423 g/mol. The van der Waals surface area contributed by atoms with E-state index >= 15 is 0 Å². The van der Waals surface area contributed by atoms with Crippen LogP contribution >= 0.6 is 7.82 Å². The summed E-state index contributed by atoms with van der Waals surface area (Å²) in [6, 6.07) is 0. The summed E-state index contributed by atoms with van der Waals surface area (Å²) >= 11 is 0. The summed E-state index contributed by atoms with van der Waals surface area (Å²) in [4.78, 5) is 41.2.